The Morgan fingerprint density at radius 3 is 2.73 bits per heavy atom. The van der Waals surface area contributed by atoms with Crippen LogP contribution in [0.3, 0.4) is 0 Å². The number of fused-ring (bicyclic) bond motifs is 1. The summed E-state index contributed by atoms with van der Waals surface area (Å²) in [6.45, 7) is 8.59. The number of carbonyl (C=O) groups excluding carboxylic acids is 1. The molecule has 0 bridgehead atoms. The highest BCUT2D eigenvalue weighted by molar-refractivity contribution is 8.00. The Hall–Kier alpha value is -2.63. The molecule has 2 aromatic heterocycles. The van der Waals surface area contributed by atoms with Gasteiger partial charge in [0, 0.05) is 5.69 Å². The van der Waals surface area contributed by atoms with Crippen LogP contribution in [0.5, 0.6) is 5.75 Å². The predicted molar refractivity (Wildman–Crippen MR) is 122 cm³/mol. The molecule has 2 heterocycles. The number of thiazole rings is 1. The van der Waals surface area contributed by atoms with Gasteiger partial charge in [-0.1, -0.05) is 43.9 Å². The molecule has 6 nitrogen and oxygen atoms in total. The van der Waals surface area contributed by atoms with Crippen LogP contribution >= 0.6 is 23.1 Å². The first-order chi connectivity index (χ1) is 14.4. The van der Waals surface area contributed by atoms with E-state index in [9.17, 15) is 10.1 Å². The first-order valence-corrected chi connectivity index (χ1v) is 11.6. The predicted octanol–water partition coefficient (Wildman–Crippen LogP) is 5.59. The SMILES string of the molecule is CCOc1ccc2nc(NC(=O)C(CC)Sc3nc(C(C)C)ccc3C#N)sc2c1. The second-order valence-electron chi connectivity index (χ2n) is 6.94. The van der Waals surface area contributed by atoms with E-state index in [2.05, 4.69) is 35.2 Å². The number of ether oxygens (including phenoxy) is 1. The van der Waals surface area contributed by atoms with Gasteiger partial charge in [0.2, 0.25) is 5.91 Å². The van der Waals surface area contributed by atoms with Gasteiger partial charge in [0.15, 0.2) is 5.13 Å². The molecule has 3 aromatic rings. The summed E-state index contributed by atoms with van der Waals surface area (Å²) in [4.78, 5) is 22.0. The summed E-state index contributed by atoms with van der Waals surface area (Å²) in [6, 6.07) is 11.5. The topological polar surface area (TPSA) is 87.9 Å². The Kier molecular flexibility index (Phi) is 7.29. The van der Waals surface area contributed by atoms with E-state index >= 15 is 0 Å². The highest BCUT2D eigenvalue weighted by Crippen LogP contribution is 2.32. The molecule has 30 heavy (non-hydrogen) atoms. The average Bonchev–Trinajstić information content (AvgIpc) is 3.13. The summed E-state index contributed by atoms with van der Waals surface area (Å²) < 4.78 is 6.48. The van der Waals surface area contributed by atoms with E-state index in [1.165, 1.54) is 23.1 Å². The van der Waals surface area contributed by atoms with Crippen molar-refractivity contribution in [3.8, 4) is 11.8 Å². The number of benzene rings is 1. The van der Waals surface area contributed by atoms with Crippen LogP contribution in [0.1, 0.15) is 51.3 Å². The number of hydrogen-bond donors (Lipinski definition) is 1. The lowest BCUT2D eigenvalue weighted by Gasteiger charge is -2.15. The fraction of sp³-hybridized carbons (Fsp3) is 0.364. The van der Waals surface area contributed by atoms with E-state index in [4.69, 9.17) is 4.74 Å². The van der Waals surface area contributed by atoms with E-state index in [0.29, 0.717) is 28.7 Å². The van der Waals surface area contributed by atoms with Crippen LogP contribution in [-0.2, 0) is 4.79 Å². The van der Waals surface area contributed by atoms with Crippen molar-refractivity contribution < 1.29 is 9.53 Å². The fourth-order valence-corrected chi connectivity index (χ4v) is 4.71. The largest absolute Gasteiger partial charge is 0.494 e. The minimum Gasteiger partial charge on any atom is -0.494 e. The van der Waals surface area contributed by atoms with Gasteiger partial charge in [-0.25, -0.2) is 9.97 Å². The molecule has 1 unspecified atom stereocenters. The van der Waals surface area contributed by atoms with Crippen LogP contribution in [0.25, 0.3) is 10.2 Å². The Bertz CT molecular complexity index is 1090. The van der Waals surface area contributed by atoms with E-state index in [-0.39, 0.29) is 17.1 Å². The molecule has 0 radical (unpaired) electrons. The number of anilines is 1. The van der Waals surface area contributed by atoms with Crippen LogP contribution in [0.2, 0.25) is 0 Å². The highest BCUT2D eigenvalue weighted by atomic mass is 32.2. The van der Waals surface area contributed by atoms with Gasteiger partial charge >= 0.3 is 0 Å². The Morgan fingerprint density at radius 2 is 2.07 bits per heavy atom. The summed E-state index contributed by atoms with van der Waals surface area (Å²) in [5.74, 6) is 0.885. The molecule has 0 fully saturated rings. The number of amides is 1. The molecule has 0 saturated carbocycles. The van der Waals surface area contributed by atoms with Gasteiger partial charge in [-0.3, -0.25) is 4.79 Å². The van der Waals surface area contributed by atoms with E-state index in [1.54, 1.807) is 6.07 Å². The zero-order valence-corrected chi connectivity index (χ0v) is 19.1. The zero-order chi connectivity index (χ0) is 21.7. The lowest BCUT2D eigenvalue weighted by Crippen LogP contribution is -2.24. The summed E-state index contributed by atoms with van der Waals surface area (Å²) in [5.41, 5.74) is 2.21. The van der Waals surface area contributed by atoms with Gasteiger partial charge in [0.05, 0.1) is 27.6 Å². The quantitative estimate of drug-likeness (QED) is 0.459. The van der Waals surface area contributed by atoms with Gasteiger partial charge in [-0.05, 0) is 49.6 Å². The Balaban J connectivity index is 1.78. The third-order valence-corrected chi connectivity index (χ3v) is 6.71. The second kappa shape index (κ2) is 9.92. The minimum atomic E-state index is -0.377. The number of thioether (sulfide) groups is 1. The van der Waals surface area contributed by atoms with E-state index in [1.807, 2.05) is 38.1 Å². The van der Waals surface area contributed by atoms with Gasteiger partial charge in [0.1, 0.15) is 16.8 Å². The Labute approximate surface area is 184 Å². The van der Waals surface area contributed by atoms with Gasteiger partial charge in [-0.2, -0.15) is 5.26 Å². The molecule has 1 amide bonds. The molecule has 8 heteroatoms. The number of hydrogen-bond acceptors (Lipinski definition) is 7. The fourth-order valence-electron chi connectivity index (χ4n) is 2.81. The van der Waals surface area contributed by atoms with Crippen molar-refractivity contribution >= 4 is 44.4 Å². The standard InChI is InChI=1S/C22H24N4O2S2/c1-5-18(29-21-14(12-23)7-9-16(24-21)13(3)4)20(27)26-22-25-17-10-8-15(28-6-2)11-19(17)30-22/h7-11,13,18H,5-6H2,1-4H3,(H,25,26,27). The maximum absolute atomic E-state index is 12.9. The molecular formula is C22H24N4O2S2. The number of aromatic nitrogens is 2. The summed E-state index contributed by atoms with van der Waals surface area (Å²) in [7, 11) is 0. The monoisotopic (exact) mass is 440 g/mol. The van der Waals surface area contributed by atoms with Gasteiger partial charge in [0.25, 0.3) is 0 Å². The molecular weight excluding hydrogens is 416 g/mol. The lowest BCUT2D eigenvalue weighted by atomic mass is 10.1. The summed E-state index contributed by atoms with van der Waals surface area (Å²) in [5, 5.41) is 13.1. The van der Waals surface area contributed by atoms with Crippen LogP contribution in [-0.4, -0.2) is 27.7 Å². The Morgan fingerprint density at radius 1 is 1.27 bits per heavy atom. The third-order valence-electron chi connectivity index (χ3n) is 4.41. The van der Waals surface area contributed by atoms with E-state index in [0.717, 1.165) is 21.7 Å². The summed E-state index contributed by atoms with van der Waals surface area (Å²) in [6.07, 6.45) is 0.605. The molecule has 0 aliphatic rings. The molecule has 0 aliphatic heterocycles. The third kappa shape index (κ3) is 5.10. The van der Waals surface area contributed by atoms with Crippen molar-refractivity contribution in [3.63, 3.8) is 0 Å². The summed E-state index contributed by atoms with van der Waals surface area (Å²) >= 11 is 2.74. The molecule has 0 aliphatic carbocycles. The maximum atomic E-state index is 12.9. The molecule has 1 N–H and O–H groups in total. The zero-order valence-electron chi connectivity index (χ0n) is 17.4. The van der Waals surface area contributed by atoms with Crippen molar-refractivity contribution in [2.45, 2.75) is 50.3 Å². The van der Waals surface area contributed by atoms with Crippen molar-refractivity contribution in [1.82, 2.24) is 9.97 Å². The second-order valence-corrected chi connectivity index (χ2v) is 9.16. The van der Waals surface area contributed by atoms with Crippen molar-refractivity contribution in [1.29, 1.82) is 5.26 Å². The molecule has 0 spiro atoms. The number of nitrogens with one attached hydrogen (secondary N) is 1. The first-order valence-electron chi connectivity index (χ1n) is 9.87. The lowest BCUT2D eigenvalue weighted by molar-refractivity contribution is -0.115. The van der Waals surface area contributed by atoms with E-state index < -0.39 is 0 Å². The van der Waals surface area contributed by atoms with Crippen molar-refractivity contribution in [3.05, 3.63) is 41.6 Å². The highest BCUT2D eigenvalue weighted by Gasteiger charge is 2.22. The number of rotatable bonds is 8. The van der Waals surface area contributed by atoms with Crippen LogP contribution in [0.15, 0.2) is 35.4 Å². The minimum absolute atomic E-state index is 0.146. The molecule has 1 atom stereocenters. The number of nitriles is 1. The van der Waals surface area contributed by atoms with Gasteiger partial charge < -0.3 is 10.1 Å². The normalized spacial score (nSPS) is 12.0. The van der Waals surface area contributed by atoms with Crippen LogP contribution in [0.4, 0.5) is 5.13 Å². The molecule has 156 valence electrons. The van der Waals surface area contributed by atoms with Crippen molar-refractivity contribution in [2.24, 2.45) is 0 Å². The number of carbonyl (C=O) groups is 1. The van der Waals surface area contributed by atoms with Crippen LogP contribution < -0.4 is 10.1 Å². The maximum Gasteiger partial charge on any atom is 0.239 e. The molecule has 1 aromatic carbocycles. The van der Waals surface area contributed by atoms with Gasteiger partial charge in [-0.15, -0.1) is 0 Å². The molecule has 0 saturated heterocycles. The smallest absolute Gasteiger partial charge is 0.239 e. The molecule has 3 rings (SSSR count). The number of nitrogens with zero attached hydrogens (tertiary/aromatic N) is 3. The van der Waals surface area contributed by atoms with Crippen LogP contribution in [0, 0.1) is 11.3 Å². The van der Waals surface area contributed by atoms with Crippen molar-refractivity contribution in [2.75, 3.05) is 11.9 Å². The number of pyridine rings is 1. The first kappa shape index (κ1) is 22.1. The average molecular weight is 441 g/mol.